The molecule has 1 aliphatic heterocycles. The molecule has 2 fully saturated rings. The first-order chi connectivity index (χ1) is 11.6. The topological polar surface area (TPSA) is 73.4 Å². The third-order valence-electron chi connectivity index (χ3n) is 4.86. The summed E-state index contributed by atoms with van der Waals surface area (Å²) in [6.45, 7) is 6.83. The smallest absolute Gasteiger partial charge is 0.263 e. The van der Waals surface area contributed by atoms with Gasteiger partial charge in [0, 0.05) is 25.2 Å². The second kappa shape index (κ2) is 5.86. The van der Waals surface area contributed by atoms with Crippen LogP contribution < -0.4 is 16.2 Å². The van der Waals surface area contributed by atoms with Gasteiger partial charge in [0.15, 0.2) is 0 Å². The van der Waals surface area contributed by atoms with Crippen molar-refractivity contribution in [2.24, 2.45) is 5.73 Å². The fourth-order valence-corrected chi connectivity index (χ4v) is 3.46. The largest absolute Gasteiger partial charge is 0.378 e. The number of aromatic nitrogens is 2. The van der Waals surface area contributed by atoms with Gasteiger partial charge in [-0.15, -0.1) is 0 Å². The number of anilines is 1. The number of morpholine rings is 1. The zero-order chi connectivity index (χ0) is 16.8. The van der Waals surface area contributed by atoms with Crippen LogP contribution in [0.2, 0.25) is 0 Å². The fraction of sp³-hybridized carbons (Fsp3) is 0.556. The molecule has 0 unspecified atom stereocenters. The number of hydrogen-bond acceptors (Lipinski definition) is 5. The van der Waals surface area contributed by atoms with Crippen molar-refractivity contribution in [2.75, 3.05) is 31.2 Å². The highest BCUT2D eigenvalue weighted by molar-refractivity contribution is 5.83. The molecule has 2 heterocycles. The number of nitrogens with zero attached hydrogens (tertiary/aromatic N) is 3. The van der Waals surface area contributed by atoms with Gasteiger partial charge in [0.25, 0.3) is 5.56 Å². The minimum absolute atomic E-state index is 0.0644. The summed E-state index contributed by atoms with van der Waals surface area (Å²) < 4.78 is 7.36. The molecule has 0 bridgehead atoms. The lowest BCUT2D eigenvalue weighted by molar-refractivity contribution is 0.121. The highest BCUT2D eigenvalue weighted by Gasteiger charge is 2.31. The van der Waals surface area contributed by atoms with Crippen LogP contribution in [0.1, 0.15) is 43.0 Å². The van der Waals surface area contributed by atoms with Crippen molar-refractivity contribution in [3.8, 4) is 0 Å². The summed E-state index contributed by atoms with van der Waals surface area (Å²) in [7, 11) is 0. The Bertz CT molecular complexity index is 833. The van der Waals surface area contributed by atoms with Crippen molar-refractivity contribution in [2.45, 2.75) is 38.8 Å². The predicted octanol–water partition coefficient (Wildman–Crippen LogP) is 1.90. The second-order valence-corrected chi connectivity index (χ2v) is 6.96. The Morgan fingerprint density at radius 1 is 1.29 bits per heavy atom. The van der Waals surface area contributed by atoms with E-state index in [2.05, 4.69) is 4.90 Å². The van der Waals surface area contributed by atoms with Crippen LogP contribution >= 0.6 is 0 Å². The normalized spacial score (nSPS) is 19.7. The Morgan fingerprint density at radius 2 is 2.00 bits per heavy atom. The third kappa shape index (κ3) is 2.59. The van der Waals surface area contributed by atoms with Crippen molar-refractivity contribution >= 4 is 16.9 Å². The molecule has 1 aromatic carbocycles. The average molecular weight is 328 g/mol. The van der Waals surface area contributed by atoms with Crippen LogP contribution in [0.4, 0.5) is 5.95 Å². The van der Waals surface area contributed by atoms with E-state index in [1.807, 2.05) is 30.5 Å². The molecule has 1 aliphatic carbocycles. The molecule has 6 heteroatoms. The first-order valence-electron chi connectivity index (χ1n) is 8.71. The zero-order valence-corrected chi connectivity index (χ0v) is 14.3. The van der Waals surface area contributed by atoms with E-state index in [4.69, 9.17) is 15.5 Å². The van der Waals surface area contributed by atoms with Gasteiger partial charge in [-0.05, 0) is 43.9 Å². The summed E-state index contributed by atoms with van der Waals surface area (Å²) in [5.74, 6) is 0.782. The van der Waals surface area contributed by atoms with E-state index in [0.717, 1.165) is 48.5 Å². The van der Waals surface area contributed by atoms with Crippen LogP contribution in [0, 0.1) is 6.92 Å². The minimum Gasteiger partial charge on any atom is -0.378 e. The van der Waals surface area contributed by atoms with Gasteiger partial charge in [-0.25, -0.2) is 4.98 Å². The molecule has 0 spiro atoms. The molecule has 1 aromatic heterocycles. The molecule has 1 atom stereocenters. The van der Waals surface area contributed by atoms with Gasteiger partial charge >= 0.3 is 0 Å². The number of hydrogen-bond donors (Lipinski definition) is 1. The number of aryl methyl sites for hydroxylation is 1. The number of fused-ring (bicyclic) bond motifs is 1. The Morgan fingerprint density at radius 3 is 2.62 bits per heavy atom. The molecule has 0 amide bonds. The van der Waals surface area contributed by atoms with Crippen molar-refractivity contribution < 1.29 is 4.74 Å². The van der Waals surface area contributed by atoms with Crippen LogP contribution in [-0.4, -0.2) is 35.9 Å². The lowest BCUT2D eigenvalue weighted by Gasteiger charge is -2.30. The number of ether oxygens (including phenoxy) is 1. The maximum atomic E-state index is 13.2. The number of nitrogens with two attached hydrogens (primary N) is 1. The van der Waals surface area contributed by atoms with E-state index >= 15 is 0 Å². The molecular formula is C18H24N4O2. The van der Waals surface area contributed by atoms with Crippen molar-refractivity contribution in [1.29, 1.82) is 0 Å². The molecule has 2 N–H and O–H groups in total. The summed E-state index contributed by atoms with van der Waals surface area (Å²) in [6.07, 6.45) is 2.10. The molecule has 128 valence electrons. The SMILES string of the molecule is Cc1cc([C@@H](C)N)c2nc(N3CCOCC3)n(C3CC3)c(=O)c2c1. The van der Waals surface area contributed by atoms with Crippen molar-refractivity contribution in [3.05, 3.63) is 33.6 Å². The first kappa shape index (κ1) is 15.6. The molecule has 0 radical (unpaired) electrons. The minimum atomic E-state index is -0.159. The van der Waals surface area contributed by atoms with Gasteiger partial charge in [-0.2, -0.15) is 0 Å². The Hall–Kier alpha value is -1.92. The number of benzene rings is 1. The standard InChI is InChI=1S/C18H24N4O2/c1-11-9-14(12(2)19)16-15(10-11)17(23)22(13-3-4-13)18(20-16)21-5-7-24-8-6-21/h9-10,12-13H,3-8,19H2,1-2H3/t12-/m1/s1. The highest BCUT2D eigenvalue weighted by Crippen LogP contribution is 2.37. The second-order valence-electron chi connectivity index (χ2n) is 6.96. The molecule has 6 nitrogen and oxygen atoms in total. The molecular weight excluding hydrogens is 304 g/mol. The maximum absolute atomic E-state index is 13.2. The van der Waals surface area contributed by atoms with Crippen molar-refractivity contribution in [1.82, 2.24) is 9.55 Å². The summed E-state index contributed by atoms with van der Waals surface area (Å²) in [5, 5.41) is 0.686. The van der Waals surface area contributed by atoms with E-state index in [9.17, 15) is 4.79 Å². The van der Waals surface area contributed by atoms with Crippen LogP contribution in [-0.2, 0) is 4.74 Å². The molecule has 1 saturated carbocycles. The van der Waals surface area contributed by atoms with Crippen LogP contribution in [0.25, 0.3) is 10.9 Å². The molecule has 24 heavy (non-hydrogen) atoms. The van der Waals surface area contributed by atoms with E-state index in [-0.39, 0.29) is 17.6 Å². The lowest BCUT2D eigenvalue weighted by atomic mass is 10.0. The quantitative estimate of drug-likeness (QED) is 0.931. The van der Waals surface area contributed by atoms with Gasteiger partial charge < -0.3 is 15.4 Å². The van der Waals surface area contributed by atoms with Crippen molar-refractivity contribution in [3.63, 3.8) is 0 Å². The van der Waals surface area contributed by atoms with Crippen LogP contribution in [0.15, 0.2) is 16.9 Å². The summed E-state index contributed by atoms with van der Waals surface area (Å²) in [4.78, 5) is 20.3. The summed E-state index contributed by atoms with van der Waals surface area (Å²) in [6, 6.07) is 4.11. The van der Waals surface area contributed by atoms with E-state index < -0.39 is 0 Å². The molecule has 2 aliphatic rings. The van der Waals surface area contributed by atoms with Gasteiger partial charge in [0.05, 0.1) is 24.1 Å². The van der Waals surface area contributed by atoms with E-state index in [0.29, 0.717) is 18.6 Å². The molecule has 4 rings (SSSR count). The van der Waals surface area contributed by atoms with Crippen LogP contribution in [0.5, 0.6) is 0 Å². The molecule has 2 aromatic rings. The van der Waals surface area contributed by atoms with E-state index in [1.165, 1.54) is 0 Å². The maximum Gasteiger partial charge on any atom is 0.263 e. The van der Waals surface area contributed by atoms with Gasteiger partial charge in [0.2, 0.25) is 5.95 Å². The predicted molar refractivity (Wildman–Crippen MR) is 94.6 cm³/mol. The highest BCUT2D eigenvalue weighted by atomic mass is 16.5. The van der Waals surface area contributed by atoms with Gasteiger partial charge in [0.1, 0.15) is 0 Å². The van der Waals surface area contributed by atoms with E-state index in [1.54, 1.807) is 0 Å². The number of rotatable bonds is 3. The zero-order valence-electron chi connectivity index (χ0n) is 14.3. The Labute approximate surface area is 141 Å². The first-order valence-corrected chi connectivity index (χ1v) is 8.71. The summed E-state index contributed by atoms with van der Waals surface area (Å²) in [5.41, 5.74) is 8.96. The molecule has 1 saturated heterocycles. The van der Waals surface area contributed by atoms with Gasteiger partial charge in [-0.1, -0.05) is 6.07 Å². The Kier molecular flexibility index (Phi) is 3.81. The monoisotopic (exact) mass is 328 g/mol. The fourth-order valence-electron chi connectivity index (χ4n) is 3.46. The third-order valence-corrected chi connectivity index (χ3v) is 4.86. The Balaban J connectivity index is 1.99. The van der Waals surface area contributed by atoms with Crippen LogP contribution in [0.3, 0.4) is 0 Å². The average Bonchev–Trinajstić information content (AvgIpc) is 3.40. The van der Waals surface area contributed by atoms with Gasteiger partial charge in [-0.3, -0.25) is 9.36 Å². The lowest BCUT2D eigenvalue weighted by Crippen LogP contribution is -2.40. The summed E-state index contributed by atoms with van der Waals surface area (Å²) >= 11 is 0.